The topological polar surface area (TPSA) is 78.9 Å². The highest BCUT2D eigenvalue weighted by atomic mass is 16.5. The van der Waals surface area contributed by atoms with Crippen LogP contribution in [0.4, 0.5) is 0 Å². The number of rotatable bonds is 9. The Labute approximate surface area is 159 Å². The molecule has 0 amide bonds. The van der Waals surface area contributed by atoms with Gasteiger partial charge in [0.2, 0.25) is 0 Å². The molecule has 0 unspecified atom stereocenters. The third kappa shape index (κ3) is 7.32. The third-order valence-corrected chi connectivity index (χ3v) is 3.22. The Kier molecular flexibility index (Phi) is 9.93. The first-order chi connectivity index (χ1) is 13.0. The second-order valence-electron chi connectivity index (χ2n) is 5.32. The molecule has 0 radical (unpaired) electrons. The smallest absolute Gasteiger partial charge is 0.343 e. The van der Waals surface area contributed by atoms with Crippen LogP contribution in [0.1, 0.15) is 71.1 Å². The van der Waals surface area contributed by atoms with Crippen molar-refractivity contribution in [3.8, 4) is 0 Å². The van der Waals surface area contributed by atoms with Gasteiger partial charge in [-0.1, -0.05) is 20.8 Å². The van der Waals surface area contributed by atoms with Crippen LogP contribution in [-0.4, -0.2) is 17.9 Å². The van der Waals surface area contributed by atoms with Gasteiger partial charge < -0.3 is 14.2 Å². The van der Waals surface area contributed by atoms with Crippen LogP contribution >= 0.6 is 0 Å². The summed E-state index contributed by atoms with van der Waals surface area (Å²) < 4.78 is 15.0. The van der Waals surface area contributed by atoms with Crippen LogP contribution in [0.25, 0.3) is 0 Å². The van der Waals surface area contributed by atoms with Crippen molar-refractivity contribution in [1.29, 1.82) is 0 Å². The lowest BCUT2D eigenvalue weighted by Gasteiger charge is -2.08. The molecule has 0 fully saturated rings. The summed E-state index contributed by atoms with van der Waals surface area (Å²) in [5.41, 5.74) is 0.0219. The summed E-state index contributed by atoms with van der Waals surface area (Å²) in [5.74, 6) is -2.15. The van der Waals surface area contributed by atoms with E-state index in [1.165, 1.54) is 37.0 Å². The van der Waals surface area contributed by atoms with E-state index in [0.29, 0.717) is 19.3 Å². The van der Waals surface area contributed by atoms with Gasteiger partial charge >= 0.3 is 17.9 Å². The Morgan fingerprint density at radius 2 is 1.15 bits per heavy atom. The molecule has 6 nitrogen and oxygen atoms in total. The van der Waals surface area contributed by atoms with Gasteiger partial charge in [-0.05, 0) is 55.7 Å². The van der Waals surface area contributed by atoms with Gasteiger partial charge in [0, 0.05) is 0 Å². The Balaban J connectivity index is 3.17. The maximum absolute atomic E-state index is 12.3. The fourth-order valence-electron chi connectivity index (χ4n) is 1.83. The Morgan fingerprint density at radius 1 is 0.704 bits per heavy atom. The number of esters is 3. The van der Waals surface area contributed by atoms with Crippen LogP contribution < -0.4 is 0 Å². The molecule has 0 heterocycles. The molecular weight excluding hydrogens is 348 g/mol. The number of carbonyl (C=O) groups excluding carboxylic acids is 3. The quantitative estimate of drug-likeness (QED) is 0.347. The monoisotopic (exact) mass is 372 g/mol. The molecule has 27 heavy (non-hydrogen) atoms. The van der Waals surface area contributed by atoms with Crippen molar-refractivity contribution in [2.45, 2.75) is 40.0 Å². The van der Waals surface area contributed by atoms with Crippen molar-refractivity contribution in [2.24, 2.45) is 0 Å². The van der Waals surface area contributed by atoms with Crippen molar-refractivity contribution in [3.63, 3.8) is 0 Å². The molecule has 144 valence electrons. The molecule has 6 heteroatoms. The molecule has 0 N–H and O–H groups in total. The highest BCUT2D eigenvalue weighted by Crippen LogP contribution is 2.17. The summed E-state index contributed by atoms with van der Waals surface area (Å²) >= 11 is 0. The summed E-state index contributed by atoms with van der Waals surface area (Å²) in [4.78, 5) is 36.7. The van der Waals surface area contributed by atoms with E-state index in [0.717, 1.165) is 0 Å². The minimum atomic E-state index is -0.773. The normalized spacial score (nSPS) is 11.2. The number of carbonyl (C=O) groups is 3. The molecule has 0 atom stereocenters. The maximum Gasteiger partial charge on any atom is 0.343 e. The van der Waals surface area contributed by atoms with Crippen molar-refractivity contribution in [3.05, 3.63) is 71.9 Å². The number of hydrogen-bond donors (Lipinski definition) is 0. The summed E-state index contributed by atoms with van der Waals surface area (Å²) in [5, 5.41) is 0. The molecule has 0 aliphatic heterocycles. The molecule has 0 aliphatic carbocycles. The van der Waals surface area contributed by atoms with Crippen LogP contribution in [0.2, 0.25) is 0 Å². The van der Waals surface area contributed by atoms with Crippen LogP contribution in [0.5, 0.6) is 0 Å². The minimum Gasteiger partial charge on any atom is -0.431 e. The van der Waals surface area contributed by atoms with E-state index in [1.807, 2.05) is 20.8 Å². The molecule has 0 saturated carbocycles. The van der Waals surface area contributed by atoms with Crippen molar-refractivity contribution >= 4 is 17.9 Å². The zero-order valence-electron chi connectivity index (χ0n) is 15.8. The lowest BCUT2D eigenvalue weighted by Crippen LogP contribution is -2.13. The predicted octanol–water partition coefficient (Wildman–Crippen LogP) is 4.93. The second-order valence-corrected chi connectivity index (χ2v) is 5.32. The summed E-state index contributed by atoms with van der Waals surface area (Å²) in [6.07, 6.45) is 10.8. The summed E-state index contributed by atoms with van der Waals surface area (Å²) in [6, 6.07) is 3.98. The van der Waals surface area contributed by atoms with E-state index in [9.17, 15) is 14.4 Å². The lowest BCUT2D eigenvalue weighted by molar-refractivity contribution is 0.0615. The molecule has 0 aromatic heterocycles. The van der Waals surface area contributed by atoms with Gasteiger partial charge in [-0.15, -0.1) is 0 Å². The van der Waals surface area contributed by atoms with Crippen LogP contribution in [0, 0.1) is 0 Å². The molecule has 0 bridgehead atoms. The average Bonchev–Trinajstić information content (AvgIpc) is 2.67. The number of ether oxygens (including phenoxy) is 3. The average molecular weight is 372 g/mol. The predicted molar refractivity (Wildman–Crippen MR) is 101 cm³/mol. The van der Waals surface area contributed by atoms with E-state index in [1.54, 1.807) is 18.2 Å². The number of allylic oxidation sites excluding steroid dienone is 3. The first-order valence-electron chi connectivity index (χ1n) is 8.77. The fourth-order valence-corrected chi connectivity index (χ4v) is 1.83. The highest BCUT2D eigenvalue weighted by molar-refractivity contribution is 6.05. The molecule has 1 rings (SSSR count). The number of hydrogen-bond acceptors (Lipinski definition) is 6. The standard InChI is InChI=1S/C21H24O6/c1-4-7-12-25-19(22)16-10-11-17(20(23)26-13-8-5-2)18(15-16)21(24)27-14-9-6-3/h7-15H,4-6H2,1-3H3. The van der Waals surface area contributed by atoms with Gasteiger partial charge in [0.25, 0.3) is 0 Å². The van der Waals surface area contributed by atoms with Crippen molar-refractivity contribution in [1.82, 2.24) is 0 Å². The molecular formula is C21H24O6. The van der Waals surface area contributed by atoms with E-state index in [-0.39, 0.29) is 16.7 Å². The fraction of sp³-hybridized carbons (Fsp3) is 0.286. The molecule has 1 aromatic rings. The van der Waals surface area contributed by atoms with Gasteiger partial charge in [0.05, 0.1) is 35.5 Å². The summed E-state index contributed by atoms with van der Waals surface area (Å²) in [6.45, 7) is 5.67. The SMILES string of the molecule is CCC=COC(=O)c1ccc(C(=O)OC=CCC)c(C(=O)OC=CCC)c1. The van der Waals surface area contributed by atoms with Crippen LogP contribution in [0.15, 0.2) is 55.2 Å². The Bertz CT molecular complexity index is 743. The molecule has 0 saturated heterocycles. The zero-order valence-corrected chi connectivity index (χ0v) is 15.8. The molecule has 0 spiro atoms. The van der Waals surface area contributed by atoms with Gasteiger partial charge in [-0.2, -0.15) is 0 Å². The first kappa shape index (κ1) is 21.9. The third-order valence-electron chi connectivity index (χ3n) is 3.22. The second kappa shape index (κ2) is 12.2. The largest absolute Gasteiger partial charge is 0.431 e. The van der Waals surface area contributed by atoms with Gasteiger partial charge in [0.15, 0.2) is 0 Å². The first-order valence-corrected chi connectivity index (χ1v) is 8.77. The van der Waals surface area contributed by atoms with Crippen molar-refractivity contribution < 1.29 is 28.6 Å². The van der Waals surface area contributed by atoms with E-state index in [2.05, 4.69) is 0 Å². The van der Waals surface area contributed by atoms with Crippen molar-refractivity contribution in [2.75, 3.05) is 0 Å². The van der Waals surface area contributed by atoms with E-state index in [4.69, 9.17) is 14.2 Å². The Hall–Kier alpha value is -3.15. The van der Waals surface area contributed by atoms with Crippen LogP contribution in [0.3, 0.4) is 0 Å². The molecule has 0 aliphatic rings. The lowest BCUT2D eigenvalue weighted by atomic mass is 10.0. The number of benzene rings is 1. The van der Waals surface area contributed by atoms with E-state index >= 15 is 0 Å². The van der Waals surface area contributed by atoms with Crippen LogP contribution in [-0.2, 0) is 14.2 Å². The summed E-state index contributed by atoms with van der Waals surface area (Å²) in [7, 11) is 0. The molecule has 1 aromatic carbocycles. The zero-order chi connectivity index (χ0) is 20.1. The Morgan fingerprint density at radius 3 is 1.63 bits per heavy atom. The van der Waals surface area contributed by atoms with Gasteiger partial charge in [-0.25, -0.2) is 14.4 Å². The van der Waals surface area contributed by atoms with Gasteiger partial charge in [-0.3, -0.25) is 0 Å². The van der Waals surface area contributed by atoms with E-state index < -0.39 is 17.9 Å². The van der Waals surface area contributed by atoms with Gasteiger partial charge in [0.1, 0.15) is 0 Å². The minimum absolute atomic E-state index is 0.00805. The highest BCUT2D eigenvalue weighted by Gasteiger charge is 2.21. The maximum atomic E-state index is 12.3.